The van der Waals surface area contributed by atoms with Crippen molar-refractivity contribution in [2.45, 2.75) is 0 Å². The number of aromatic nitrogens is 4. The third-order valence-electron chi connectivity index (χ3n) is 12.5. The Hall–Kier alpha value is -8.08. The van der Waals surface area contributed by atoms with Gasteiger partial charge in [0.05, 0.1) is 33.3 Å². The molecular weight excluding hydrogens is 729 g/mol. The van der Waals surface area contributed by atoms with E-state index in [0.29, 0.717) is 5.95 Å². The van der Waals surface area contributed by atoms with Gasteiger partial charge in [0.1, 0.15) is 0 Å². The van der Waals surface area contributed by atoms with Gasteiger partial charge in [0.25, 0.3) is 0 Å². The summed E-state index contributed by atoms with van der Waals surface area (Å²) >= 11 is 0. The molecule has 0 fully saturated rings. The molecule has 0 radical (unpaired) electrons. The minimum Gasteiger partial charge on any atom is -0.309 e. The maximum absolute atomic E-state index is 5.50. The third-order valence-corrected chi connectivity index (χ3v) is 12.5. The molecular formula is C56H34N4. The molecule has 0 N–H and O–H groups in total. The lowest BCUT2D eigenvalue weighted by molar-refractivity contribution is 1.01. The Balaban J connectivity index is 1.13. The molecule has 0 amide bonds. The first-order valence-corrected chi connectivity index (χ1v) is 20.5. The molecule has 3 heterocycles. The fourth-order valence-corrected chi connectivity index (χ4v) is 9.83. The van der Waals surface area contributed by atoms with Gasteiger partial charge in [-0.3, -0.25) is 4.57 Å². The van der Waals surface area contributed by atoms with E-state index in [1.54, 1.807) is 0 Å². The molecule has 0 aliphatic heterocycles. The van der Waals surface area contributed by atoms with Crippen LogP contribution in [0, 0.1) is 0 Å². The monoisotopic (exact) mass is 762 g/mol. The van der Waals surface area contributed by atoms with Gasteiger partial charge >= 0.3 is 0 Å². The van der Waals surface area contributed by atoms with Crippen LogP contribution in [0.5, 0.6) is 0 Å². The van der Waals surface area contributed by atoms with Crippen molar-refractivity contribution in [2.24, 2.45) is 0 Å². The van der Waals surface area contributed by atoms with E-state index in [1.165, 1.54) is 76.0 Å². The summed E-state index contributed by atoms with van der Waals surface area (Å²) in [6, 6.07) is 74.5. The molecule has 13 rings (SSSR count). The topological polar surface area (TPSA) is 35.6 Å². The van der Waals surface area contributed by atoms with Gasteiger partial charge in [-0.15, -0.1) is 0 Å². The predicted molar refractivity (Wildman–Crippen MR) is 252 cm³/mol. The Morgan fingerprint density at radius 2 is 0.883 bits per heavy atom. The van der Waals surface area contributed by atoms with E-state index in [4.69, 9.17) is 9.97 Å². The maximum atomic E-state index is 5.50. The van der Waals surface area contributed by atoms with Gasteiger partial charge in [-0.05, 0) is 92.0 Å². The van der Waals surface area contributed by atoms with Crippen LogP contribution in [0.2, 0.25) is 0 Å². The summed E-state index contributed by atoms with van der Waals surface area (Å²) < 4.78 is 4.72. The summed E-state index contributed by atoms with van der Waals surface area (Å²) in [5.74, 6) is 0.649. The number of fused-ring (bicyclic) bond motifs is 11. The lowest BCUT2D eigenvalue weighted by Crippen LogP contribution is -2.03. The van der Waals surface area contributed by atoms with E-state index < -0.39 is 0 Å². The second-order valence-electron chi connectivity index (χ2n) is 15.8. The van der Waals surface area contributed by atoms with E-state index in [2.05, 4.69) is 215 Å². The molecule has 4 nitrogen and oxygen atoms in total. The van der Waals surface area contributed by atoms with Crippen molar-refractivity contribution in [3.05, 3.63) is 206 Å². The highest BCUT2D eigenvalue weighted by molar-refractivity contribution is 6.27. The zero-order chi connectivity index (χ0) is 39.3. The van der Waals surface area contributed by atoms with Crippen molar-refractivity contribution < 1.29 is 0 Å². The zero-order valence-electron chi connectivity index (χ0n) is 32.4. The van der Waals surface area contributed by atoms with E-state index in [0.717, 1.165) is 38.9 Å². The van der Waals surface area contributed by atoms with E-state index in [1.807, 2.05) is 0 Å². The Morgan fingerprint density at radius 1 is 0.317 bits per heavy atom. The van der Waals surface area contributed by atoms with Crippen LogP contribution in [0.3, 0.4) is 0 Å². The minimum absolute atomic E-state index is 0.649. The molecule has 13 aromatic rings. The van der Waals surface area contributed by atoms with E-state index in [-0.39, 0.29) is 0 Å². The average Bonchev–Trinajstić information content (AvgIpc) is 3.84. The summed E-state index contributed by atoms with van der Waals surface area (Å²) in [4.78, 5) is 10.8. The number of hydrogen-bond donors (Lipinski definition) is 0. The maximum Gasteiger partial charge on any atom is 0.235 e. The second-order valence-corrected chi connectivity index (χ2v) is 15.8. The van der Waals surface area contributed by atoms with E-state index in [9.17, 15) is 0 Å². The summed E-state index contributed by atoms with van der Waals surface area (Å²) in [6.07, 6.45) is 0. The second kappa shape index (κ2) is 12.7. The van der Waals surface area contributed by atoms with Gasteiger partial charge in [0, 0.05) is 38.2 Å². The van der Waals surface area contributed by atoms with Crippen LogP contribution in [-0.2, 0) is 0 Å². The van der Waals surface area contributed by atoms with Crippen molar-refractivity contribution >= 4 is 86.8 Å². The minimum atomic E-state index is 0.649. The Kier molecular flexibility index (Phi) is 6.98. The highest BCUT2D eigenvalue weighted by atomic mass is 15.2. The highest BCUT2D eigenvalue weighted by Gasteiger charge is 2.23. The summed E-state index contributed by atoms with van der Waals surface area (Å²) in [6.45, 7) is 0. The van der Waals surface area contributed by atoms with Crippen molar-refractivity contribution in [1.29, 1.82) is 0 Å². The smallest absolute Gasteiger partial charge is 0.235 e. The molecule has 0 saturated heterocycles. The van der Waals surface area contributed by atoms with Gasteiger partial charge in [0.2, 0.25) is 5.95 Å². The number of nitrogens with zero attached hydrogens (tertiary/aromatic N) is 4. The van der Waals surface area contributed by atoms with Gasteiger partial charge in [0.15, 0.2) is 0 Å². The molecule has 0 unspecified atom stereocenters. The first-order valence-electron chi connectivity index (χ1n) is 20.5. The van der Waals surface area contributed by atoms with Gasteiger partial charge in [-0.25, -0.2) is 9.97 Å². The van der Waals surface area contributed by atoms with Gasteiger partial charge in [-0.1, -0.05) is 158 Å². The number of rotatable bonds is 4. The number of benzene rings is 10. The fourth-order valence-electron chi connectivity index (χ4n) is 9.83. The van der Waals surface area contributed by atoms with Crippen LogP contribution in [0.25, 0.3) is 121 Å². The van der Waals surface area contributed by atoms with Crippen LogP contribution in [0.1, 0.15) is 0 Å². The third kappa shape index (κ3) is 4.79. The molecule has 278 valence electrons. The summed E-state index contributed by atoms with van der Waals surface area (Å²) in [7, 11) is 0. The molecule has 4 heteroatoms. The molecule has 0 spiro atoms. The van der Waals surface area contributed by atoms with Crippen LogP contribution >= 0.6 is 0 Å². The largest absolute Gasteiger partial charge is 0.309 e. The quantitative estimate of drug-likeness (QED) is 0.179. The molecule has 0 bridgehead atoms. The molecule has 0 saturated carbocycles. The van der Waals surface area contributed by atoms with Crippen molar-refractivity contribution in [2.75, 3.05) is 0 Å². The lowest BCUT2D eigenvalue weighted by Gasteiger charge is -2.13. The SMILES string of the molecule is c1ccc2cc(-c3nc(-n4c5cccc(-c6cccc7c6c6ccccc6n7-c6ccc7ccccc7c6)c5c5c6ccccc6ccc54)nc4ccccc34)ccc2c1. The van der Waals surface area contributed by atoms with Crippen LogP contribution in [0.4, 0.5) is 0 Å². The molecule has 3 aromatic heterocycles. The molecule has 10 aromatic carbocycles. The first kappa shape index (κ1) is 32.9. The van der Waals surface area contributed by atoms with Crippen molar-refractivity contribution in [3.8, 4) is 34.0 Å². The Labute approximate surface area is 344 Å². The Morgan fingerprint density at radius 3 is 1.68 bits per heavy atom. The highest BCUT2D eigenvalue weighted by Crippen LogP contribution is 2.46. The normalized spacial score (nSPS) is 12.0. The average molecular weight is 763 g/mol. The summed E-state index contributed by atoms with van der Waals surface area (Å²) in [5.41, 5.74) is 10.9. The predicted octanol–water partition coefficient (Wildman–Crippen LogP) is 14.6. The zero-order valence-corrected chi connectivity index (χ0v) is 32.4. The summed E-state index contributed by atoms with van der Waals surface area (Å²) in [5, 5.41) is 13.1. The fraction of sp³-hybridized carbons (Fsp3) is 0. The molecule has 0 aliphatic carbocycles. The Bertz CT molecular complexity index is 3910. The van der Waals surface area contributed by atoms with Crippen molar-refractivity contribution in [3.63, 3.8) is 0 Å². The van der Waals surface area contributed by atoms with Crippen molar-refractivity contribution in [1.82, 2.24) is 19.1 Å². The van der Waals surface area contributed by atoms with Crippen LogP contribution < -0.4 is 0 Å². The van der Waals surface area contributed by atoms with Gasteiger partial charge < -0.3 is 4.57 Å². The lowest BCUT2D eigenvalue weighted by atomic mass is 9.94. The van der Waals surface area contributed by atoms with Crippen LogP contribution in [0.15, 0.2) is 206 Å². The number of para-hydroxylation sites is 2. The number of hydrogen-bond acceptors (Lipinski definition) is 2. The molecule has 0 aliphatic rings. The first-order chi connectivity index (χ1) is 29.8. The molecule has 0 atom stereocenters. The molecule has 60 heavy (non-hydrogen) atoms. The van der Waals surface area contributed by atoms with E-state index >= 15 is 0 Å². The van der Waals surface area contributed by atoms with Crippen LogP contribution in [-0.4, -0.2) is 19.1 Å². The van der Waals surface area contributed by atoms with Gasteiger partial charge in [-0.2, -0.15) is 0 Å². The standard InChI is InChI=1S/C56H34N4/c1-3-16-38-33-40(28-27-35(38)13-1)55-45-19-7-9-23-47(45)57-56(58-55)60-50-26-12-22-44(54(50)53-42-18-6-5-15-37(42)30-32-51(53)60)43-21-11-25-49-52(43)46-20-8-10-24-48(46)59(49)41-31-29-36-14-2-4-17-39(36)34-41/h1-34H.